The summed E-state index contributed by atoms with van der Waals surface area (Å²) in [6, 6.07) is 0. The van der Waals surface area contributed by atoms with Gasteiger partial charge >= 0.3 is 0 Å². The number of H-pyrrole nitrogens is 2. The van der Waals surface area contributed by atoms with Crippen molar-refractivity contribution in [1.29, 1.82) is 0 Å². The van der Waals surface area contributed by atoms with E-state index in [1.54, 1.807) is 11.3 Å². The number of nitrogens with zero attached hydrogens (tertiary/aromatic N) is 2. The SMILES string of the molecule is Cc1cscc1-c1nc2nc(N)[nH]c(=O)c2[nH]1. The van der Waals surface area contributed by atoms with Crippen LogP contribution in [0.4, 0.5) is 5.95 Å². The van der Waals surface area contributed by atoms with Crippen LogP contribution in [0.1, 0.15) is 5.56 Å². The van der Waals surface area contributed by atoms with Crippen molar-refractivity contribution in [3.8, 4) is 11.4 Å². The number of nitrogens with two attached hydrogens (primary N) is 1. The summed E-state index contributed by atoms with van der Waals surface area (Å²) in [5, 5.41) is 4.00. The zero-order valence-corrected chi connectivity index (χ0v) is 9.76. The van der Waals surface area contributed by atoms with Gasteiger partial charge < -0.3 is 10.7 Å². The highest BCUT2D eigenvalue weighted by Crippen LogP contribution is 2.25. The van der Waals surface area contributed by atoms with Crippen molar-refractivity contribution < 1.29 is 0 Å². The van der Waals surface area contributed by atoms with Gasteiger partial charge in [-0.05, 0) is 17.9 Å². The van der Waals surface area contributed by atoms with Gasteiger partial charge in [0.15, 0.2) is 11.2 Å². The van der Waals surface area contributed by atoms with Gasteiger partial charge in [-0.25, -0.2) is 4.98 Å². The Morgan fingerprint density at radius 2 is 2.12 bits per heavy atom. The van der Waals surface area contributed by atoms with Crippen LogP contribution >= 0.6 is 11.3 Å². The Kier molecular flexibility index (Phi) is 2.02. The Balaban J connectivity index is 2.31. The molecule has 0 aromatic carbocycles. The van der Waals surface area contributed by atoms with Crippen molar-refractivity contribution in [1.82, 2.24) is 19.9 Å². The van der Waals surface area contributed by atoms with Crippen molar-refractivity contribution >= 4 is 28.4 Å². The van der Waals surface area contributed by atoms with E-state index < -0.39 is 0 Å². The molecule has 0 unspecified atom stereocenters. The first-order valence-corrected chi connectivity index (χ1v) is 5.88. The van der Waals surface area contributed by atoms with E-state index in [0.29, 0.717) is 17.0 Å². The standard InChI is InChI=1S/C10H9N5OS/c1-4-2-17-3-5(4)7-12-6-8(13-7)14-10(11)15-9(6)16/h2-3H,1H3,(H4,11,12,13,14,15,16). The molecule has 3 rings (SSSR count). The number of aromatic nitrogens is 4. The molecule has 6 nitrogen and oxygen atoms in total. The van der Waals surface area contributed by atoms with Crippen LogP contribution in [-0.4, -0.2) is 19.9 Å². The zero-order valence-electron chi connectivity index (χ0n) is 8.94. The summed E-state index contributed by atoms with van der Waals surface area (Å²) in [4.78, 5) is 25.3. The molecule has 0 aliphatic carbocycles. The molecule has 3 heterocycles. The number of thiophene rings is 1. The average Bonchev–Trinajstić information content (AvgIpc) is 2.83. The minimum Gasteiger partial charge on any atom is -0.369 e. The molecule has 17 heavy (non-hydrogen) atoms. The summed E-state index contributed by atoms with van der Waals surface area (Å²) in [5.41, 5.74) is 7.93. The van der Waals surface area contributed by atoms with Gasteiger partial charge in [0, 0.05) is 10.9 Å². The first-order valence-electron chi connectivity index (χ1n) is 4.94. The number of fused-ring (bicyclic) bond motifs is 1. The van der Waals surface area contributed by atoms with E-state index >= 15 is 0 Å². The molecular formula is C10H9N5OS. The molecule has 3 aromatic rings. The maximum atomic E-state index is 11.6. The molecule has 0 fully saturated rings. The maximum absolute atomic E-state index is 11.6. The molecule has 7 heteroatoms. The van der Waals surface area contributed by atoms with E-state index in [4.69, 9.17) is 5.73 Å². The Bertz CT molecular complexity index is 753. The van der Waals surface area contributed by atoms with Crippen LogP contribution in [0.3, 0.4) is 0 Å². The highest BCUT2D eigenvalue weighted by molar-refractivity contribution is 7.08. The Labute approximate surface area is 99.5 Å². The van der Waals surface area contributed by atoms with Gasteiger partial charge in [0.1, 0.15) is 5.82 Å². The summed E-state index contributed by atoms with van der Waals surface area (Å²) in [6.45, 7) is 1.99. The molecule has 0 atom stereocenters. The number of hydrogen-bond donors (Lipinski definition) is 3. The number of nitrogen functional groups attached to an aromatic ring is 1. The second-order valence-electron chi connectivity index (χ2n) is 3.70. The number of rotatable bonds is 1. The average molecular weight is 247 g/mol. The normalized spacial score (nSPS) is 11.1. The highest BCUT2D eigenvalue weighted by atomic mass is 32.1. The number of anilines is 1. The third-order valence-electron chi connectivity index (χ3n) is 2.49. The van der Waals surface area contributed by atoms with Gasteiger partial charge in [-0.15, -0.1) is 0 Å². The van der Waals surface area contributed by atoms with E-state index in [1.165, 1.54) is 0 Å². The van der Waals surface area contributed by atoms with Crippen LogP contribution in [0.25, 0.3) is 22.6 Å². The van der Waals surface area contributed by atoms with Crippen LogP contribution in [0.15, 0.2) is 15.6 Å². The fraction of sp³-hybridized carbons (Fsp3) is 0.100. The lowest BCUT2D eigenvalue weighted by Gasteiger charge is -1.91. The molecule has 0 aliphatic heterocycles. The van der Waals surface area contributed by atoms with Crippen LogP contribution in [0.2, 0.25) is 0 Å². The largest absolute Gasteiger partial charge is 0.369 e. The second-order valence-corrected chi connectivity index (χ2v) is 4.45. The van der Waals surface area contributed by atoms with E-state index in [-0.39, 0.29) is 11.5 Å². The number of hydrogen-bond acceptors (Lipinski definition) is 5. The summed E-state index contributed by atoms with van der Waals surface area (Å²) in [7, 11) is 0. The maximum Gasteiger partial charge on any atom is 0.278 e. The lowest BCUT2D eigenvalue weighted by atomic mass is 10.2. The molecule has 86 valence electrons. The minimum atomic E-state index is -0.306. The molecule has 4 N–H and O–H groups in total. The van der Waals surface area contributed by atoms with Crippen LogP contribution in [-0.2, 0) is 0 Å². The lowest BCUT2D eigenvalue weighted by Crippen LogP contribution is -2.10. The predicted octanol–water partition coefficient (Wildman–Crippen LogP) is 1.27. The van der Waals surface area contributed by atoms with Crippen LogP contribution in [0, 0.1) is 6.92 Å². The zero-order chi connectivity index (χ0) is 12.0. The topological polar surface area (TPSA) is 100 Å². The molecule has 0 saturated heterocycles. The van der Waals surface area contributed by atoms with Crippen molar-refractivity contribution in [3.63, 3.8) is 0 Å². The molecule has 0 radical (unpaired) electrons. The third-order valence-corrected chi connectivity index (χ3v) is 3.35. The fourth-order valence-corrected chi connectivity index (χ4v) is 2.49. The van der Waals surface area contributed by atoms with Crippen molar-refractivity contribution in [3.05, 3.63) is 26.7 Å². The van der Waals surface area contributed by atoms with Gasteiger partial charge in [0.2, 0.25) is 5.95 Å². The lowest BCUT2D eigenvalue weighted by molar-refractivity contribution is 1.17. The first-order chi connectivity index (χ1) is 8.15. The first kappa shape index (κ1) is 10.0. The molecule has 0 amide bonds. The Morgan fingerprint density at radius 1 is 1.29 bits per heavy atom. The number of nitrogens with one attached hydrogen (secondary N) is 2. The van der Waals surface area contributed by atoms with Gasteiger partial charge in [-0.3, -0.25) is 9.78 Å². The number of aromatic amines is 2. The molecule has 0 spiro atoms. The van der Waals surface area contributed by atoms with Gasteiger partial charge in [0.25, 0.3) is 5.56 Å². The van der Waals surface area contributed by atoms with Crippen molar-refractivity contribution in [2.45, 2.75) is 6.92 Å². The van der Waals surface area contributed by atoms with Crippen LogP contribution in [0.5, 0.6) is 0 Å². The van der Waals surface area contributed by atoms with Crippen LogP contribution < -0.4 is 11.3 Å². The Morgan fingerprint density at radius 3 is 2.82 bits per heavy atom. The molecule has 0 aliphatic rings. The highest BCUT2D eigenvalue weighted by Gasteiger charge is 2.12. The quantitative estimate of drug-likeness (QED) is 0.602. The fourth-order valence-electron chi connectivity index (χ4n) is 1.65. The van der Waals surface area contributed by atoms with E-state index in [2.05, 4.69) is 19.9 Å². The molecular weight excluding hydrogens is 238 g/mol. The van der Waals surface area contributed by atoms with Crippen molar-refractivity contribution in [2.24, 2.45) is 0 Å². The number of aryl methyl sites for hydroxylation is 1. The van der Waals surface area contributed by atoms with E-state index in [9.17, 15) is 4.79 Å². The van der Waals surface area contributed by atoms with E-state index in [0.717, 1.165) is 11.1 Å². The summed E-state index contributed by atoms with van der Waals surface area (Å²) < 4.78 is 0. The summed E-state index contributed by atoms with van der Waals surface area (Å²) in [6.07, 6.45) is 0. The third kappa shape index (κ3) is 1.51. The minimum absolute atomic E-state index is 0.0718. The van der Waals surface area contributed by atoms with Gasteiger partial charge in [-0.2, -0.15) is 16.3 Å². The molecule has 3 aromatic heterocycles. The molecule has 0 saturated carbocycles. The van der Waals surface area contributed by atoms with Gasteiger partial charge in [-0.1, -0.05) is 0 Å². The predicted molar refractivity (Wildman–Crippen MR) is 67.0 cm³/mol. The monoisotopic (exact) mass is 247 g/mol. The van der Waals surface area contributed by atoms with Gasteiger partial charge in [0.05, 0.1) is 0 Å². The Hall–Kier alpha value is -2.15. The second kappa shape index (κ2) is 3.42. The molecule has 0 bridgehead atoms. The summed E-state index contributed by atoms with van der Waals surface area (Å²) in [5.74, 6) is 0.713. The van der Waals surface area contributed by atoms with Crippen molar-refractivity contribution in [2.75, 3.05) is 5.73 Å². The smallest absolute Gasteiger partial charge is 0.278 e. The summed E-state index contributed by atoms with van der Waals surface area (Å²) >= 11 is 1.59. The van der Waals surface area contributed by atoms with E-state index in [1.807, 2.05) is 17.7 Å². The number of imidazole rings is 1.